The van der Waals surface area contributed by atoms with Crippen molar-refractivity contribution < 1.29 is 9.53 Å². The van der Waals surface area contributed by atoms with E-state index in [0.29, 0.717) is 11.5 Å². The van der Waals surface area contributed by atoms with E-state index in [1.807, 2.05) is 40.7 Å². The van der Waals surface area contributed by atoms with Crippen molar-refractivity contribution in [2.24, 2.45) is 5.92 Å². The largest absolute Gasteiger partial charge is 0.455 e. The molecular formula is C13H22O2. The van der Waals surface area contributed by atoms with Crippen molar-refractivity contribution >= 4 is 5.97 Å². The average molecular weight is 210 g/mol. The number of hydrogen-bond donors (Lipinski definition) is 0. The highest BCUT2D eigenvalue weighted by atomic mass is 16.5. The van der Waals surface area contributed by atoms with E-state index < -0.39 is 0 Å². The van der Waals surface area contributed by atoms with Crippen molar-refractivity contribution in [2.45, 2.75) is 47.6 Å². The van der Waals surface area contributed by atoms with Gasteiger partial charge in [0.15, 0.2) is 0 Å². The maximum absolute atomic E-state index is 11.6. The first kappa shape index (κ1) is 13.9. The summed E-state index contributed by atoms with van der Waals surface area (Å²) in [6.07, 6.45) is 3.63. The van der Waals surface area contributed by atoms with E-state index in [-0.39, 0.29) is 12.1 Å². The summed E-state index contributed by atoms with van der Waals surface area (Å²) in [5.74, 6) is 0.0715. The monoisotopic (exact) mass is 210 g/mol. The van der Waals surface area contributed by atoms with Gasteiger partial charge in [0.2, 0.25) is 0 Å². The van der Waals surface area contributed by atoms with E-state index in [9.17, 15) is 4.79 Å². The summed E-state index contributed by atoms with van der Waals surface area (Å²) in [5, 5.41) is 0. The van der Waals surface area contributed by atoms with Crippen LogP contribution in [0.4, 0.5) is 0 Å². The van der Waals surface area contributed by atoms with Gasteiger partial charge in [-0.1, -0.05) is 25.5 Å². The molecule has 2 heteroatoms. The summed E-state index contributed by atoms with van der Waals surface area (Å²) >= 11 is 0. The molecule has 0 aromatic carbocycles. The molecule has 0 aliphatic carbocycles. The fourth-order valence-electron chi connectivity index (χ4n) is 1.03. The highest BCUT2D eigenvalue weighted by Gasteiger charge is 2.16. The number of allylic oxidation sites excluding steroid dienone is 2. The van der Waals surface area contributed by atoms with Crippen LogP contribution in [0.15, 0.2) is 23.3 Å². The Morgan fingerprint density at radius 3 is 2.07 bits per heavy atom. The molecule has 0 radical (unpaired) electrons. The van der Waals surface area contributed by atoms with Gasteiger partial charge in [-0.3, -0.25) is 0 Å². The molecule has 0 spiro atoms. The molecule has 1 unspecified atom stereocenters. The van der Waals surface area contributed by atoms with Crippen LogP contribution >= 0.6 is 0 Å². The van der Waals surface area contributed by atoms with Crippen LogP contribution in [0.25, 0.3) is 0 Å². The topological polar surface area (TPSA) is 26.3 Å². The Morgan fingerprint density at radius 2 is 1.73 bits per heavy atom. The molecule has 0 saturated heterocycles. The predicted octanol–water partition coefficient (Wildman–Crippen LogP) is 3.49. The van der Waals surface area contributed by atoms with E-state index >= 15 is 0 Å². The second-order valence-electron chi connectivity index (χ2n) is 4.33. The molecule has 0 amide bonds. The van der Waals surface area contributed by atoms with E-state index in [2.05, 4.69) is 0 Å². The lowest BCUT2D eigenvalue weighted by Gasteiger charge is -2.18. The molecule has 15 heavy (non-hydrogen) atoms. The second-order valence-corrected chi connectivity index (χ2v) is 4.33. The number of carbonyl (C=O) groups is 1. The first-order valence-corrected chi connectivity index (χ1v) is 5.37. The van der Waals surface area contributed by atoms with Gasteiger partial charge in [0, 0.05) is 5.57 Å². The van der Waals surface area contributed by atoms with Crippen LogP contribution in [-0.2, 0) is 9.53 Å². The SMILES string of the molecule is C/C=C(\C)C(=O)OC(C=C(C)C)C(C)C. The van der Waals surface area contributed by atoms with Crippen LogP contribution in [0, 0.1) is 5.92 Å². The third-order valence-electron chi connectivity index (χ3n) is 2.15. The summed E-state index contributed by atoms with van der Waals surface area (Å²) in [4.78, 5) is 11.6. The minimum atomic E-state index is -0.228. The molecule has 0 heterocycles. The minimum Gasteiger partial charge on any atom is -0.455 e. The van der Waals surface area contributed by atoms with Gasteiger partial charge in [-0.05, 0) is 39.7 Å². The second kappa shape index (κ2) is 6.44. The van der Waals surface area contributed by atoms with Gasteiger partial charge < -0.3 is 4.74 Å². The summed E-state index contributed by atoms with van der Waals surface area (Å²) < 4.78 is 5.39. The standard InChI is InChI=1S/C13H22O2/c1-7-11(6)13(14)15-12(10(4)5)8-9(2)3/h7-8,10,12H,1-6H3/b11-7+. The van der Waals surface area contributed by atoms with Gasteiger partial charge in [-0.15, -0.1) is 0 Å². The van der Waals surface area contributed by atoms with Crippen LogP contribution in [0.5, 0.6) is 0 Å². The third kappa shape index (κ3) is 5.40. The molecule has 0 aromatic rings. The summed E-state index contributed by atoms with van der Waals surface area (Å²) in [7, 11) is 0. The number of hydrogen-bond acceptors (Lipinski definition) is 2. The molecule has 0 rings (SSSR count). The Morgan fingerprint density at radius 1 is 1.20 bits per heavy atom. The Balaban J connectivity index is 4.57. The van der Waals surface area contributed by atoms with E-state index in [0.717, 1.165) is 0 Å². The van der Waals surface area contributed by atoms with Gasteiger partial charge in [-0.2, -0.15) is 0 Å². The molecule has 0 saturated carbocycles. The smallest absolute Gasteiger partial charge is 0.333 e. The Labute approximate surface area is 93.0 Å². The molecule has 0 N–H and O–H groups in total. The molecule has 86 valence electrons. The molecule has 2 nitrogen and oxygen atoms in total. The normalized spacial score (nSPS) is 13.7. The fourth-order valence-corrected chi connectivity index (χ4v) is 1.03. The lowest BCUT2D eigenvalue weighted by molar-refractivity contribution is -0.143. The molecule has 1 atom stereocenters. The van der Waals surface area contributed by atoms with E-state index in [1.165, 1.54) is 5.57 Å². The van der Waals surface area contributed by atoms with E-state index in [4.69, 9.17) is 4.74 Å². The molecule has 0 fully saturated rings. The number of ether oxygens (including phenoxy) is 1. The van der Waals surface area contributed by atoms with Crippen LogP contribution in [-0.4, -0.2) is 12.1 Å². The number of esters is 1. The summed E-state index contributed by atoms with van der Waals surface area (Å²) in [6.45, 7) is 11.7. The molecular weight excluding hydrogens is 188 g/mol. The zero-order chi connectivity index (χ0) is 12.0. The van der Waals surface area contributed by atoms with Crippen molar-refractivity contribution in [1.82, 2.24) is 0 Å². The summed E-state index contributed by atoms with van der Waals surface area (Å²) in [6, 6.07) is 0. The van der Waals surface area contributed by atoms with Crippen molar-refractivity contribution in [3.05, 3.63) is 23.3 Å². The van der Waals surface area contributed by atoms with Crippen LogP contribution in [0.1, 0.15) is 41.5 Å². The predicted molar refractivity (Wildman–Crippen MR) is 63.6 cm³/mol. The van der Waals surface area contributed by atoms with Crippen molar-refractivity contribution in [3.8, 4) is 0 Å². The highest BCUT2D eigenvalue weighted by molar-refractivity contribution is 5.87. The van der Waals surface area contributed by atoms with Gasteiger partial charge >= 0.3 is 5.97 Å². The average Bonchev–Trinajstić information content (AvgIpc) is 2.14. The fraction of sp³-hybridized carbons (Fsp3) is 0.615. The Kier molecular flexibility index (Phi) is 5.99. The van der Waals surface area contributed by atoms with Crippen LogP contribution in [0.3, 0.4) is 0 Å². The zero-order valence-electron chi connectivity index (χ0n) is 10.6. The van der Waals surface area contributed by atoms with Gasteiger partial charge in [0.1, 0.15) is 6.10 Å². The maximum atomic E-state index is 11.6. The molecule has 0 aromatic heterocycles. The first-order chi connectivity index (χ1) is 6.88. The van der Waals surface area contributed by atoms with Crippen LogP contribution in [0.2, 0.25) is 0 Å². The first-order valence-electron chi connectivity index (χ1n) is 5.37. The molecule has 0 aliphatic rings. The number of carbonyl (C=O) groups excluding carboxylic acids is 1. The third-order valence-corrected chi connectivity index (χ3v) is 2.15. The Hall–Kier alpha value is -1.05. The lowest BCUT2D eigenvalue weighted by atomic mass is 10.0. The quantitative estimate of drug-likeness (QED) is 0.403. The van der Waals surface area contributed by atoms with Crippen molar-refractivity contribution in [3.63, 3.8) is 0 Å². The highest BCUT2D eigenvalue weighted by Crippen LogP contribution is 2.12. The van der Waals surface area contributed by atoms with Crippen molar-refractivity contribution in [2.75, 3.05) is 0 Å². The number of rotatable bonds is 4. The van der Waals surface area contributed by atoms with E-state index in [1.54, 1.807) is 13.0 Å². The maximum Gasteiger partial charge on any atom is 0.333 e. The lowest BCUT2D eigenvalue weighted by Crippen LogP contribution is -2.22. The minimum absolute atomic E-state index is 0.127. The van der Waals surface area contributed by atoms with Gasteiger partial charge in [-0.25, -0.2) is 4.79 Å². The van der Waals surface area contributed by atoms with Crippen LogP contribution < -0.4 is 0 Å². The molecule has 0 aliphatic heterocycles. The van der Waals surface area contributed by atoms with Gasteiger partial charge in [0.05, 0.1) is 0 Å². The zero-order valence-corrected chi connectivity index (χ0v) is 10.6. The Bertz CT molecular complexity index is 268. The summed E-state index contributed by atoms with van der Waals surface area (Å²) in [5.41, 5.74) is 1.82. The van der Waals surface area contributed by atoms with Gasteiger partial charge in [0.25, 0.3) is 0 Å². The van der Waals surface area contributed by atoms with Crippen molar-refractivity contribution in [1.29, 1.82) is 0 Å². The molecule has 0 bridgehead atoms.